The van der Waals surface area contributed by atoms with Crippen molar-refractivity contribution in [1.82, 2.24) is 19.6 Å². The first kappa shape index (κ1) is 30.3. The van der Waals surface area contributed by atoms with E-state index in [2.05, 4.69) is 0 Å². The van der Waals surface area contributed by atoms with E-state index >= 15 is 4.39 Å². The second-order valence-corrected chi connectivity index (χ2v) is 11.9. The second kappa shape index (κ2) is 12.7. The van der Waals surface area contributed by atoms with Crippen LogP contribution >= 0.6 is 11.8 Å². The van der Waals surface area contributed by atoms with Crippen molar-refractivity contribution >= 4 is 35.3 Å². The summed E-state index contributed by atoms with van der Waals surface area (Å²) in [4.78, 5) is 44.3. The molecule has 9 nitrogen and oxygen atoms in total. The molecule has 2 aliphatic heterocycles. The zero-order valence-electron chi connectivity index (χ0n) is 24.8. The Bertz CT molecular complexity index is 1740. The zero-order chi connectivity index (χ0) is 31.7. The molecule has 0 bridgehead atoms. The van der Waals surface area contributed by atoms with Crippen molar-refractivity contribution in [3.05, 3.63) is 95.6 Å². The Morgan fingerprint density at radius 2 is 1.64 bits per heavy atom. The summed E-state index contributed by atoms with van der Waals surface area (Å²) >= 11 is 1.21. The molecule has 45 heavy (non-hydrogen) atoms. The summed E-state index contributed by atoms with van der Waals surface area (Å²) in [7, 11) is 1.56. The maximum atomic E-state index is 15.5. The average Bonchev–Trinajstić information content (AvgIpc) is 3.38. The molecule has 1 aromatic heterocycles. The Hall–Kier alpha value is -4.71. The molecule has 232 valence electrons. The molecule has 0 saturated carbocycles. The van der Waals surface area contributed by atoms with Crippen LogP contribution in [0.15, 0.2) is 72.8 Å². The molecule has 3 heterocycles. The van der Waals surface area contributed by atoms with Crippen molar-refractivity contribution < 1.29 is 27.9 Å². The molecular formula is C33H31F2N5O4S. The van der Waals surface area contributed by atoms with Crippen LogP contribution in [0.1, 0.15) is 23.3 Å². The zero-order valence-corrected chi connectivity index (χ0v) is 25.6. The highest BCUT2D eigenvalue weighted by molar-refractivity contribution is 8.00. The van der Waals surface area contributed by atoms with Gasteiger partial charge in [0, 0.05) is 55.9 Å². The summed E-state index contributed by atoms with van der Waals surface area (Å²) in [5.74, 6) is -1.24. The number of hydrogen-bond donors (Lipinski definition) is 0. The van der Waals surface area contributed by atoms with Crippen LogP contribution in [-0.2, 0) is 14.4 Å². The van der Waals surface area contributed by atoms with E-state index in [1.165, 1.54) is 35.7 Å². The molecule has 3 aromatic carbocycles. The first-order valence-electron chi connectivity index (χ1n) is 14.5. The van der Waals surface area contributed by atoms with Gasteiger partial charge in [-0.1, -0.05) is 36.4 Å². The molecular weight excluding hydrogens is 600 g/mol. The minimum Gasteiger partial charge on any atom is -0.497 e. The van der Waals surface area contributed by atoms with Gasteiger partial charge in [-0.05, 0) is 30.3 Å². The molecule has 4 aromatic rings. The lowest BCUT2D eigenvalue weighted by Crippen LogP contribution is -2.53. The van der Waals surface area contributed by atoms with E-state index in [-0.39, 0.29) is 35.6 Å². The van der Waals surface area contributed by atoms with E-state index in [9.17, 15) is 18.8 Å². The Balaban J connectivity index is 1.53. The molecule has 0 spiro atoms. The smallest absolute Gasteiger partial charge is 0.242 e. The van der Waals surface area contributed by atoms with Crippen molar-refractivity contribution in [2.24, 2.45) is 0 Å². The van der Waals surface area contributed by atoms with Gasteiger partial charge in [-0.2, -0.15) is 5.10 Å². The van der Waals surface area contributed by atoms with Crippen LogP contribution in [-0.4, -0.2) is 82.9 Å². The summed E-state index contributed by atoms with van der Waals surface area (Å²) in [6, 6.07) is 19.9. The fraction of sp³-hybridized carbons (Fsp3) is 0.273. The SMILES string of the molecule is COc1ccc(-n2nc(-c3ccccc3)c3c2N(CC(=O)N2CCN(C(C)=O)CC2)C(=O)CS[C@H]3c2ccc(F)cc2F)cc1. The van der Waals surface area contributed by atoms with Gasteiger partial charge in [-0.25, -0.2) is 13.5 Å². The minimum absolute atomic E-state index is 0.0534. The van der Waals surface area contributed by atoms with Crippen molar-refractivity contribution in [1.29, 1.82) is 0 Å². The molecule has 12 heteroatoms. The number of rotatable bonds is 6. The summed E-state index contributed by atoms with van der Waals surface area (Å²) in [5, 5.41) is 4.24. The third kappa shape index (κ3) is 6.02. The van der Waals surface area contributed by atoms with Crippen LogP contribution in [0.2, 0.25) is 0 Å². The molecule has 0 N–H and O–H groups in total. The average molecular weight is 632 g/mol. The van der Waals surface area contributed by atoms with E-state index in [1.54, 1.807) is 45.9 Å². The van der Waals surface area contributed by atoms with Crippen LogP contribution in [0, 0.1) is 11.6 Å². The summed E-state index contributed by atoms with van der Waals surface area (Å²) in [5.41, 5.74) is 2.57. The van der Waals surface area contributed by atoms with E-state index in [4.69, 9.17) is 9.84 Å². The predicted molar refractivity (Wildman–Crippen MR) is 167 cm³/mol. The largest absolute Gasteiger partial charge is 0.497 e. The fourth-order valence-corrected chi connectivity index (χ4v) is 6.92. The number of ether oxygens (including phenoxy) is 1. The lowest BCUT2D eigenvalue weighted by Gasteiger charge is -2.35. The van der Waals surface area contributed by atoms with Gasteiger partial charge in [0.05, 0.1) is 29.5 Å². The second-order valence-electron chi connectivity index (χ2n) is 10.8. The number of piperazine rings is 1. The molecule has 2 aliphatic rings. The highest BCUT2D eigenvalue weighted by Gasteiger charge is 2.39. The lowest BCUT2D eigenvalue weighted by molar-refractivity contribution is -0.137. The van der Waals surface area contributed by atoms with Crippen LogP contribution in [0.4, 0.5) is 14.6 Å². The summed E-state index contributed by atoms with van der Waals surface area (Å²) in [6.07, 6.45) is 0. The number of nitrogens with zero attached hydrogens (tertiary/aromatic N) is 5. The summed E-state index contributed by atoms with van der Waals surface area (Å²) in [6.45, 7) is 2.73. The molecule has 6 rings (SSSR count). The van der Waals surface area contributed by atoms with Crippen LogP contribution in [0.5, 0.6) is 5.75 Å². The Morgan fingerprint density at radius 3 is 2.29 bits per heavy atom. The first-order valence-corrected chi connectivity index (χ1v) is 15.5. The van der Waals surface area contributed by atoms with Crippen molar-refractivity contribution in [3.8, 4) is 22.7 Å². The first-order chi connectivity index (χ1) is 21.7. The molecule has 1 atom stereocenters. The highest BCUT2D eigenvalue weighted by atomic mass is 32.2. The lowest BCUT2D eigenvalue weighted by atomic mass is 9.99. The van der Waals surface area contributed by atoms with Crippen LogP contribution in [0.25, 0.3) is 16.9 Å². The van der Waals surface area contributed by atoms with E-state index in [0.29, 0.717) is 54.7 Å². The Labute approximate surface area is 263 Å². The van der Waals surface area contributed by atoms with Gasteiger partial charge in [-0.15, -0.1) is 11.8 Å². The molecule has 1 saturated heterocycles. The number of amides is 3. The van der Waals surface area contributed by atoms with Crippen LogP contribution < -0.4 is 9.64 Å². The Kier molecular flexibility index (Phi) is 8.57. The molecule has 1 fully saturated rings. The van der Waals surface area contributed by atoms with Gasteiger partial charge >= 0.3 is 0 Å². The van der Waals surface area contributed by atoms with Crippen LogP contribution in [0.3, 0.4) is 0 Å². The van der Waals surface area contributed by atoms with Gasteiger partial charge in [0.2, 0.25) is 17.7 Å². The Morgan fingerprint density at radius 1 is 0.956 bits per heavy atom. The molecule has 0 unspecified atom stereocenters. The normalized spacial score (nSPS) is 16.8. The maximum absolute atomic E-state index is 15.5. The minimum atomic E-state index is -0.744. The van der Waals surface area contributed by atoms with Crippen molar-refractivity contribution in [2.45, 2.75) is 12.2 Å². The molecule has 3 amide bonds. The van der Waals surface area contributed by atoms with Gasteiger partial charge in [0.15, 0.2) is 0 Å². The number of fused-ring (bicyclic) bond motifs is 1. The monoisotopic (exact) mass is 631 g/mol. The third-order valence-corrected chi connectivity index (χ3v) is 9.31. The molecule has 0 aliphatic carbocycles. The summed E-state index contributed by atoms with van der Waals surface area (Å²) < 4.78 is 36.5. The number of anilines is 1. The number of thioether (sulfide) groups is 1. The third-order valence-electron chi connectivity index (χ3n) is 8.07. The number of aromatic nitrogens is 2. The van der Waals surface area contributed by atoms with E-state index < -0.39 is 16.9 Å². The van der Waals surface area contributed by atoms with Gasteiger partial charge in [0.1, 0.15) is 29.7 Å². The standard InChI is InChI=1S/C33H31F2N5O4S/c1-21(41)37-14-16-38(17-15-37)28(42)19-39-29(43)20-45-32(26-13-8-23(34)18-27(26)35)30-31(22-6-4-3-5-7-22)36-40(33(30)39)24-9-11-25(44-2)12-10-24/h3-13,18,32H,14-17,19-20H2,1-2H3/t32-/m0/s1. The van der Waals surface area contributed by atoms with Gasteiger partial charge in [-0.3, -0.25) is 19.3 Å². The van der Waals surface area contributed by atoms with E-state index in [1.807, 2.05) is 30.3 Å². The highest BCUT2D eigenvalue weighted by Crippen LogP contribution is 2.49. The van der Waals surface area contributed by atoms with Gasteiger partial charge < -0.3 is 14.5 Å². The van der Waals surface area contributed by atoms with Gasteiger partial charge in [0.25, 0.3) is 0 Å². The topological polar surface area (TPSA) is 88.0 Å². The number of carbonyl (C=O) groups is 3. The number of carbonyl (C=O) groups excluding carboxylic acids is 3. The van der Waals surface area contributed by atoms with Crippen molar-refractivity contribution in [2.75, 3.05) is 50.5 Å². The molecule has 0 radical (unpaired) electrons. The van der Waals surface area contributed by atoms with E-state index in [0.717, 1.165) is 11.6 Å². The van der Waals surface area contributed by atoms with Crippen molar-refractivity contribution in [3.63, 3.8) is 0 Å². The number of hydrogen-bond acceptors (Lipinski definition) is 6. The number of benzene rings is 3. The fourth-order valence-electron chi connectivity index (χ4n) is 5.70. The number of methoxy groups -OCH3 is 1. The number of halogens is 2. The predicted octanol–water partition coefficient (Wildman–Crippen LogP) is 4.69. The quantitative estimate of drug-likeness (QED) is 0.307. The maximum Gasteiger partial charge on any atom is 0.242 e.